The van der Waals surface area contributed by atoms with Gasteiger partial charge in [0.2, 0.25) is 11.2 Å². The van der Waals surface area contributed by atoms with Crippen LogP contribution in [0, 0.1) is 6.92 Å². The Morgan fingerprint density at radius 2 is 1.91 bits per heavy atom. The van der Waals surface area contributed by atoms with E-state index in [0.29, 0.717) is 13.1 Å². The Morgan fingerprint density at radius 1 is 1.16 bits per heavy atom. The monoisotopic (exact) mass is 461 g/mol. The number of imidazole rings is 1. The summed E-state index contributed by atoms with van der Waals surface area (Å²) in [5.41, 5.74) is 1.61. The molecule has 0 radical (unpaired) electrons. The average molecular weight is 462 g/mol. The van der Waals surface area contributed by atoms with E-state index in [1.54, 1.807) is 0 Å². The number of halogens is 1. The summed E-state index contributed by atoms with van der Waals surface area (Å²) in [6.07, 6.45) is 2.73. The van der Waals surface area contributed by atoms with Crippen molar-refractivity contribution in [3.8, 4) is 0 Å². The summed E-state index contributed by atoms with van der Waals surface area (Å²) in [5, 5.41) is 2.83. The predicted molar refractivity (Wildman–Crippen MR) is 123 cm³/mol. The molecule has 2 aromatic heterocycles. The molecule has 2 heterocycles. The van der Waals surface area contributed by atoms with Crippen LogP contribution in [0.25, 0.3) is 11.2 Å². The smallest absolute Gasteiger partial charge is 0.332 e. The molecule has 3 rings (SSSR count). The molecule has 1 aromatic carbocycles. The van der Waals surface area contributed by atoms with Gasteiger partial charge in [0.25, 0.3) is 5.56 Å². The topological polar surface area (TPSA) is 111 Å². The van der Waals surface area contributed by atoms with Crippen molar-refractivity contribution in [1.82, 2.24) is 24.4 Å². The lowest BCUT2D eigenvalue weighted by Gasteiger charge is -2.11. The second-order valence-corrected chi connectivity index (χ2v) is 8.00. The van der Waals surface area contributed by atoms with Gasteiger partial charge in [-0.15, -0.1) is 0 Å². The third-order valence-corrected chi connectivity index (χ3v) is 5.30. The Morgan fingerprint density at radius 3 is 2.62 bits per heavy atom. The largest absolute Gasteiger partial charge is 0.370 e. The molecule has 172 valence electrons. The maximum Gasteiger partial charge on any atom is 0.332 e. The molecular formula is C22H28ClN5O4. The number of amides is 1. The maximum absolute atomic E-state index is 12.9. The van der Waals surface area contributed by atoms with E-state index in [2.05, 4.69) is 22.2 Å². The highest BCUT2D eigenvalue weighted by atomic mass is 35.5. The van der Waals surface area contributed by atoms with Gasteiger partial charge in [-0.05, 0) is 30.5 Å². The average Bonchev–Trinajstić information content (AvgIpc) is 3.16. The second-order valence-electron chi connectivity index (χ2n) is 7.64. The highest BCUT2D eigenvalue weighted by molar-refractivity contribution is 6.28. The van der Waals surface area contributed by atoms with Crippen LogP contribution in [0.4, 0.5) is 0 Å². The quantitative estimate of drug-likeness (QED) is 0.336. The van der Waals surface area contributed by atoms with Crippen molar-refractivity contribution in [2.45, 2.75) is 52.7 Å². The fourth-order valence-electron chi connectivity index (χ4n) is 3.34. The van der Waals surface area contributed by atoms with E-state index >= 15 is 0 Å². The number of carbonyl (C=O) groups is 1. The van der Waals surface area contributed by atoms with E-state index in [4.69, 9.17) is 16.3 Å². The number of nitrogens with one attached hydrogen (secondary N) is 2. The number of aromatic nitrogens is 4. The molecule has 0 saturated heterocycles. The van der Waals surface area contributed by atoms with Crippen molar-refractivity contribution in [3.63, 3.8) is 0 Å². The highest BCUT2D eigenvalue weighted by Gasteiger charge is 2.16. The zero-order chi connectivity index (χ0) is 23.1. The normalized spacial score (nSPS) is 11.2. The summed E-state index contributed by atoms with van der Waals surface area (Å²) < 4.78 is 7.95. The molecule has 2 N–H and O–H groups in total. The first-order valence-electron chi connectivity index (χ1n) is 10.7. The highest BCUT2D eigenvalue weighted by Crippen LogP contribution is 2.10. The molecule has 10 heteroatoms. The van der Waals surface area contributed by atoms with Crippen LogP contribution in [-0.4, -0.2) is 38.2 Å². The molecule has 0 unspecified atom stereocenters. The van der Waals surface area contributed by atoms with Gasteiger partial charge in [-0.2, -0.15) is 4.98 Å². The fourth-order valence-corrected chi connectivity index (χ4v) is 3.51. The van der Waals surface area contributed by atoms with Crippen LogP contribution in [0.1, 0.15) is 37.3 Å². The molecule has 0 aliphatic heterocycles. The van der Waals surface area contributed by atoms with E-state index in [1.807, 2.05) is 31.2 Å². The van der Waals surface area contributed by atoms with E-state index in [9.17, 15) is 14.4 Å². The lowest BCUT2D eigenvalue weighted by Crippen LogP contribution is -2.41. The lowest BCUT2D eigenvalue weighted by atomic mass is 10.1. The Bertz CT molecular complexity index is 1180. The lowest BCUT2D eigenvalue weighted by molar-refractivity contribution is -0.125. The molecule has 0 fully saturated rings. The van der Waals surface area contributed by atoms with Gasteiger partial charge in [0, 0.05) is 13.1 Å². The van der Waals surface area contributed by atoms with Crippen molar-refractivity contribution in [2.75, 3.05) is 13.2 Å². The predicted octanol–water partition coefficient (Wildman–Crippen LogP) is 2.37. The standard InChI is InChI=1S/C22H28ClN5O4/c1-3-4-5-10-27-19-18(25-21(23)26-19)20(30)28(22(27)31)11-12-32-14-17(29)24-13-16-8-6-15(2)7-9-16/h6-9H,3-5,10-14H2,1-2H3,(H,24,29)(H,25,26). The van der Waals surface area contributed by atoms with Crippen LogP contribution in [0.5, 0.6) is 0 Å². The molecule has 32 heavy (non-hydrogen) atoms. The van der Waals surface area contributed by atoms with Crippen LogP contribution in [0.15, 0.2) is 33.9 Å². The maximum atomic E-state index is 12.9. The number of benzene rings is 1. The number of hydrogen-bond donors (Lipinski definition) is 2. The number of aryl methyl sites for hydroxylation is 2. The number of unbranched alkanes of at least 4 members (excludes halogenated alkanes) is 2. The number of fused-ring (bicyclic) bond motifs is 1. The van der Waals surface area contributed by atoms with Gasteiger partial charge >= 0.3 is 5.69 Å². The summed E-state index contributed by atoms with van der Waals surface area (Å²) in [7, 11) is 0. The number of H-pyrrole nitrogens is 1. The van der Waals surface area contributed by atoms with Crippen molar-refractivity contribution in [3.05, 3.63) is 61.5 Å². The van der Waals surface area contributed by atoms with Gasteiger partial charge in [-0.25, -0.2) is 4.79 Å². The molecule has 0 aliphatic rings. The van der Waals surface area contributed by atoms with Crippen LogP contribution in [-0.2, 0) is 29.2 Å². The van der Waals surface area contributed by atoms with Gasteiger partial charge < -0.3 is 15.0 Å². The number of ether oxygens (including phenoxy) is 1. The van der Waals surface area contributed by atoms with Gasteiger partial charge in [-0.1, -0.05) is 49.6 Å². The minimum absolute atomic E-state index is 0.0171. The fraction of sp³-hybridized carbons (Fsp3) is 0.455. The Labute approximate surface area is 190 Å². The van der Waals surface area contributed by atoms with Gasteiger partial charge in [-0.3, -0.25) is 18.7 Å². The molecule has 3 aromatic rings. The first kappa shape index (κ1) is 23.7. The molecule has 0 bridgehead atoms. The SMILES string of the molecule is CCCCCn1c(=O)n(CCOCC(=O)NCc2ccc(C)cc2)c(=O)c2[nH]c(Cl)nc21. The first-order valence-corrected chi connectivity index (χ1v) is 11.1. The van der Waals surface area contributed by atoms with Crippen molar-refractivity contribution < 1.29 is 9.53 Å². The number of hydrogen-bond acceptors (Lipinski definition) is 5. The summed E-state index contributed by atoms with van der Waals surface area (Å²) >= 11 is 5.94. The van der Waals surface area contributed by atoms with E-state index in [0.717, 1.165) is 35.0 Å². The minimum Gasteiger partial charge on any atom is -0.370 e. The molecule has 0 saturated carbocycles. The second kappa shape index (κ2) is 11.1. The van der Waals surface area contributed by atoms with Gasteiger partial charge in [0.15, 0.2) is 11.2 Å². The van der Waals surface area contributed by atoms with Crippen LogP contribution < -0.4 is 16.6 Å². The van der Waals surface area contributed by atoms with E-state index in [-0.39, 0.29) is 42.1 Å². The Balaban J connectivity index is 1.60. The van der Waals surface area contributed by atoms with Crippen molar-refractivity contribution >= 4 is 28.7 Å². The van der Waals surface area contributed by atoms with Crippen LogP contribution in [0.2, 0.25) is 5.28 Å². The number of rotatable bonds is 11. The summed E-state index contributed by atoms with van der Waals surface area (Å²) in [5.74, 6) is -0.272. The number of aromatic amines is 1. The Hall–Kier alpha value is -2.91. The third kappa shape index (κ3) is 5.86. The van der Waals surface area contributed by atoms with Crippen LogP contribution in [0.3, 0.4) is 0 Å². The molecule has 0 spiro atoms. The summed E-state index contributed by atoms with van der Waals surface area (Å²) in [6, 6.07) is 7.86. The van der Waals surface area contributed by atoms with Gasteiger partial charge in [0.1, 0.15) is 6.61 Å². The first-order chi connectivity index (χ1) is 15.4. The molecule has 9 nitrogen and oxygen atoms in total. The molecule has 1 amide bonds. The van der Waals surface area contributed by atoms with Crippen molar-refractivity contribution in [2.24, 2.45) is 0 Å². The van der Waals surface area contributed by atoms with E-state index < -0.39 is 11.2 Å². The van der Waals surface area contributed by atoms with Crippen molar-refractivity contribution in [1.29, 1.82) is 0 Å². The van der Waals surface area contributed by atoms with Crippen LogP contribution >= 0.6 is 11.6 Å². The molecule has 0 aliphatic carbocycles. The van der Waals surface area contributed by atoms with Gasteiger partial charge in [0.05, 0.1) is 13.2 Å². The van der Waals surface area contributed by atoms with E-state index in [1.165, 1.54) is 4.57 Å². The summed E-state index contributed by atoms with van der Waals surface area (Å²) in [4.78, 5) is 44.5. The molecule has 0 atom stereocenters. The Kier molecular flexibility index (Phi) is 8.24. The summed E-state index contributed by atoms with van der Waals surface area (Å²) in [6.45, 7) is 4.80. The number of nitrogens with zero attached hydrogens (tertiary/aromatic N) is 3. The minimum atomic E-state index is -0.511. The zero-order valence-electron chi connectivity index (χ0n) is 18.3. The molecular weight excluding hydrogens is 434 g/mol. The number of carbonyl (C=O) groups excluding carboxylic acids is 1. The zero-order valence-corrected chi connectivity index (χ0v) is 19.1. The third-order valence-electron chi connectivity index (χ3n) is 5.12.